The first-order valence-corrected chi connectivity index (χ1v) is 9.26. The number of hydrogen-bond acceptors (Lipinski definition) is 6. The van der Waals surface area contributed by atoms with Crippen LogP contribution >= 0.6 is 0 Å². The second kappa shape index (κ2) is 9.32. The van der Waals surface area contributed by atoms with Gasteiger partial charge in [-0.25, -0.2) is 9.37 Å². The maximum Gasteiger partial charge on any atom is 0.325 e. The molecule has 0 aliphatic carbocycles. The van der Waals surface area contributed by atoms with E-state index in [1.165, 1.54) is 6.07 Å². The molecular formula is C19H24FN5O3. The van der Waals surface area contributed by atoms with E-state index < -0.39 is 5.97 Å². The van der Waals surface area contributed by atoms with E-state index in [0.29, 0.717) is 44.4 Å². The Morgan fingerprint density at radius 2 is 1.96 bits per heavy atom. The fourth-order valence-electron chi connectivity index (χ4n) is 3.11. The van der Waals surface area contributed by atoms with Gasteiger partial charge in [0.15, 0.2) is 0 Å². The Labute approximate surface area is 162 Å². The number of imidazole rings is 1. The zero-order valence-electron chi connectivity index (χ0n) is 15.8. The van der Waals surface area contributed by atoms with Gasteiger partial charge in [-0.2, -0.15) is 0 Å². The summed E-state index contributed by atoms with van der Waals surface area (Å²) in [5, 5.41) is 2.56. The van der Waals surface area contributed by atoms with E-state index in [9.17, 15) is 14.0 Å². The number of hydrogen-bond donors (Lipinski definition) is 1. The molecule has 0 bridgehead atoms. The first-order valence-electron chi connectivity index (χ1n) is 9.26. The summed E-state index contributed by atoms with van der Waals surface area (Å²) in [6.07, 6.45) is 3.39. The summed E-state index contributed by atoms with van der Waals surface area (Å²) in [6.45, 7) is 4.76. The lowest BCUT2D eigenvalue weighted by Crippen LogP contribution is -2.50. The Kier molecular flexibility index (Phi) is 6.59. The van der Waals surface area contributed by atoms with Crippen molar-refractivity contribution in [2.45, 2.75) is 6.92 Å². The molecule has 2 heterocycles. The lowest BCUT2D eigenvalue weighted by molar-refractivity contribution is -0.143. The second-order valence-corrected chi connectivity index (χ2v) is 6.39. The Hall–Kier alpha value is -2.94. The number of aromatic nitrogens is 2. The first-order chi connectivity index (χ1) is 13.6. The van der Waals surface area contributed by atoms with Gasteiger partial charge in [0, 0.05) is 38.6 Å². The highest BCUT2D eigenvalue weighted by atomic mass is 19.1. The van der Waals surface area contributed by atoms with Gasteiger partial charge in [0.2, 0.25) is 11.9 Å². The lowest BCUT2D eigenvalue weighted by atomic mass is 10.3. The highest BCUT2D eigenvalue weighted by molar-refractivity contribution is 5.83. The quantitative estimate of drug-likeness (QED) is 0.706. The topological polar surface area (TPSA) is 79.7 Å². The summed E-state index contributed by atoms with van der Waals surface area (Å²) < 4.78 is 20.6. The maximum absolute atomic E-state index is 14.1. The van der Waals surface area contributed by atoms with Crippen LogP contribution in [0, 0.1) is 5.82 Å². The van der Waals surface area contributed by atoms with E-state index in [1.54, 1.807) is 42.1 Å². The van der Waals surface area contributed by atoms with Gasteiger partial charge in [-0.1, -0.05) is 12.1 Å². The third kappa shape index (κ3) is 4.86. The largest absolute Gasteiger partial charge is 0.465 e. The molecule has 0 radical (unpaired) electrons. The number of carbonyl (C=O) groups excluding carboxylic acids is 2. The Morgan fingerprint density at radius 3 is 2.68 bits per heavy atom. The number of para-hydroxylation sites is 1. The molecule has 1 N–H and O–H groups in total. The van der Waals surface area contributed by atoms with E-state index in [0.717, 1.165) is 0 Å². The number of nitrogens with one attached hydrogen (secondary N) is 1. The zero-order chi connectivity index (χ0) is 19.9. The van der Waals surface area contributed by atoms with Crippen LogP contribution < -0.4 is 10.2 Å². The normalized spacial score (nSPS) is 14.7. The number of nitrogens with zero attached hydrogens (tertiary/aromatic N) is 4. The zero-order valence-corrected chi connectivity index (χ0v) is 15.8. The van der Waals surface area contributed by atoms with Crippen molar-refractivity contribution in [1.29, 1.82) is 0 Å². The van der Waals surface area contributed by atoms with Crippen molar-refractivity contribution in [3.05, 3.63) is 42.5 Å². The van der Waals surface area contributed by atoms with Crippen LogP contribution in [0.15, 0.2) is 36.7 Å². The van der Waals surface area contributed by atoms with Crippen LogP contribution in [0.3, 0.4) is 0 Å². The van der Waals surface area contributed by atoms with Crippen molar-refractivity contribution in [2.24, 2.45) is 0 Å². The number of amides is 1. The molecule has 3 rings (SSSR count). The molecule has 9 heteroatoms. The molecule has 1 aromatic carbocycles. The van der Waals surface area contributed by atoms with Gasteiger partial charge in [-0.05, 0) is 19.1 Å². The highest BCUT2D eigenvalue weighted by Gasteiger charge is 2.23. The van der Waals surface area contributed by atoms with E-state index in [4.69, 9.17) is 4.74 Å². The molecule has 1 saturated heterocycles. The van der Waals surface area contributed by atoms with Gasteiger partial charge in [0.25, 0.3) is 0 Å². The van der Waals surface area contributed by atoms with E-state index >= 15 is 0 Å². The molecule has 0 saturated carbocycles. The lowest BCUT2D eigenvalue weighted by Gasteiger charge is -2.35. The summed E-state index contributed by atoms with van der Waals surface area (Å²) in [4.78, 5) is 31.7. The monoisotopic (exact) mass is 389 g/mol. The number of piperazine rings is 1. The molecule has 0 unspecified atom stereocenters. The van der Waals surface area contributed by atoms with Crippen LogP contribution in [-0.4, -0.2) is 72.2 Å². The number of anilines is 1. The van der Waals surface area contributed by atoms with Gasteiger partial charge < -0.3 is 15.0 Å². The van der Waals surface area contributed by atoms with Crippen molar-refractivity contribution < 1.29 is 18.7 Å². The van der Waals surface area contributed by atoms with E-state index in [2.05, 4.69) is 15.2 Å². The minimum absolute atomic E-state index is 0.118. The fraction of sp³-hybridized carbons (Fsp3) is 0.421. The number of ether oxygens (including phenoxy) is 1. The number of benzene rings is 1. The minimum Gasteiger partial charge on any atom is -0.465 e. The van der Waals surface area contributed by atoms with Crippen molar-refractivity contribution >= 4 is 17.8 Å². The first kappa shape index (κ1) is 19.8. The molecule has 1 amide bonds. The number of carbonyl (C=O) groups is 2. The van der Waals surface area contributed by atoms with Crippen molar-refractivity contribution in [3.8, 4) is 5.69 Å². The Bertz CT molecular complexity index is 817. The molecular weight excluding hydrogens is 365 g/mol. The molecule has 150 valence electrons. The fourth-order valence-corrected chi connectivity index (χ4v) is 3.11. The van der Waals surface area contributed by atoms with Crippen molar-refractivity contribution in [1.82, 2.24) is 19.8 Å². The summed E-state index contributed by atoms with van der Waals surface area (Å²) in [5.74, 6) is -0.287. The Balaban J connectivity index is 1.53. The number of rotatable bonds is 7. The molecule has 0 spiro atoms. The Morgan fingerprint density at radius 1 is 1.21 bits per heavy atom. The van der Waals surface area contributed by atoms with Crippen LogP contribution in [0.5, 0.6) is 0 Å². The highest BCUT2D eigenvalue weighted by Crippen LogP contribution is 2.21. The summed E-state index contributed by atoms with van der Waals surface area (Å²) in [6, 6.07) is 6.58. The van der Waals surface area contributed by atoms with Gasteiger partial charge in [0.1, 0.15) is 12.4 Å². The predicted octanol–water partition coefficient (Wildman–Crippen LogP) is 0.813. The minimum atomic E-state index is -0.444. The molecule has 8 nitrogen and oxygen atoms in total. The molecule has 28 heavy (non-hydrogen) atoms. The summed E-state index contributed by atoms with van der Waals surface area (Å²) >= 11 is 0. The van der Waals surface area contributed by atoms with Crippen LogP contribution in [0.4, 0.5) is 10.3 Å². The van der Waals surface area contributed by atoms with Gasteiger partial charge in [0.05, 0.1) is 18.8 Å². The van der Waals surface area contributed by atoms with E-state index in [-0.39, 0.29) is 24.8 Å². The van der Waals surface area contributed by atoms with Crippen molar-refractivity contribution in [3.63, 3.8) is 0 Å². The average molecular weight is 389 g/mol. The van der Waals surface area contributed by atoms with Crippen LogP contribution in [0.25, 0.3) is 5.69 Å². The number of halogens is 1. The third-order valence-electron chi connectivity index (χ3n) is 4.49. The predicted molar refractivity (Wildman–Crippen MR) is 102 cm³/mol. The van der Waals surface area contributed by atoms with Gasteiger partial charge >= 0.3 is 5.97 Å². The van der Waals surface area contributed by atoms with E-state index in [1.807, 2.05) is 4.90 Å². The molecule has 1 aliphatic heterocycles. The van der Waals surface area contributed by atoms with Gasteiger partial charge in [-0.15, -0.1) is 0 Å². The summed E-state index contributed by atoms with van der Waals surface area (Å²) in [5.41, 5.74) is 0.454. The molecule has 1 aliphatic rings. The number of esters is 1. The van der Waals surface area contributed by atoms with Crippen LogP contribution in [0.1, 0.15) is 6.92 Å². The van der Waals surface area contributed by atoms with Crippen LogP contribution in [-0.2, 0) is 14.3 Å². The molecule has 1 fully saturated rings. The standard InChI is InChI=1S/C19H24FN5O3/c1-2-28-18(27)13-22-17(26)14-23-9-11-24(12-10-23)19-21-7-8-25(19)16-6-4-3-5-15(16)20/h3-8H,2,9-14H2,1H3,(H,22,26). The molecule has 0 atom stereocenters. The average Bonchev–Trinajstić information content (AvgIpc) is 3.17. The second-order valence-electron chi connectivity index (χ2n) is 6.39. The molecule has 1 aromatic heterocycles. The molecule has 2 aromatic rings. The van der Waals surface area contributed by atoms with Crippen molar-refractivity contribution in [2.75, 3.05) is 50.8 Å². The smallest absolute Gasteiger partial charge is 0.325 e. The summed E-state index contributed by atoms with van der Waals surface area (Å²) in [7, 11) is 0. The third-order valence-corrected chi connectivity index (χ3v) is 4.49. The SMILES string of the molecule is CCOC(=O)CNC(=O)CN1CCN(c2nccn2-c2ccccc2F)CC1. The maximum atomic E-state index is 14.1. The van der Waals surface area contributed by atoms with Gasteiger partial charge in [-0.3, -0.25) is 19.1 Å². The van der Waals surface area contributed by atoms with Crippen LogP contribution in [0.2, 0.25) is 0 Å².